The van der Waals surface area contributed by atoms with E-state index in [4.69, 9.17) is 0 Å². The molecule has 0 aliphatic carbocycles. The standard InChI is InChI=1S/C11H14N4/c1-15-11-9(3-2-5-13-11)10(14-15)8-4-6-12-7-8/h2-3,5,8,12H,4,6-7H2,1H3. The van der Waals surface area contributed by atoms with Crippen molar-refractivity contribution in [3.8, 4) is 0 Å². The summed E-state index contributed by atoms with van der Waals surface area (Å²) < 4.78 is 1.88. The Balaban J connectivity index is 2.17. The van der Waals surface area contributed by atoms with E-state index < -0.39 is 0 Å². The van der Waals surface area contributed by atoms with Crippen LogP contribution in [0.2, 0.25) is 0 Å². The Labute approximate surface area is 88.3 Å². The first-order chi connectivity index (χ1) is 7.36. The number of pyridine rings is 1. The minimum absolute atomic E-state index is 0.554. The molecular formula is C11H14N4. The van der Waals surface area contributed by atoms with E-state index in [1.165, 1.54) is 17.5 Å². The van der Waals surface area contributed by atoms with Gasteiger partial charge in [-0.05, 0) is 25.1 Å². The molecular weight excluding hydrogens is 188 g/mol. The third-order valence-corrected chi connectivity index (χ3v) is 3.07. The van der Waals surface area contributed by atoms with Gasteiger partial charge >= 0.3 is 0 Å². The SMILES string of the molecule is Cn1nc(C2CCNC2)c2cccnc21. The van der Waals surface area contributed by atoms with Crippen LogP contribution in [-0.4, -0.2) is 27.9 Å². The van der Waals surface area contributed by atoms with Crippen molar-refractivity contribution in [2.45, 2.75) is 12.3 Å². The van der Waals surface area contributed by atoms with Gasteiger partial charge in [0.25, 0.3) is 0 Å². The second-order valence-corrected chi connectivity index (χ2v) is 4.07. The summed E-state index contributed by atoms with van der Waals surface area (Å²) in [6.07, 6.45) is 3.00. The van der Waals surface area contributed by atoms with Crippen LogP contribution in [0.1, 0.15) is 18.0 Å². The van der Waals surface area contributed by atoms with Gasteiger partial charge in [0.1, 0.15) is 0 Å². The van der Waals surface area contributed by atoms with Gasteiger partial charge in [-0.1, -0.05) is 0 Å². The van der Waals surface area contributed by atoms with Gasteiger partial charge in [-0.15, -0.1) is 0 Å². The summed E-state index contributed by atoms with van der Waals surface area (Å²) in [5.74, 6) is 0.554. The molecule has 1 N–H and O–H groups in total. The second-order valence-electron chi connectivity index (χ2n) is 4.07. The molecule has 78 valence electrons. The minimum atomic E-state index is 0.554. The number of aromatic nitrogens is 3. The number of fused-ring (bicyclic) bond motifs is 1. The van der Waals surface area contributed by atoms with Crippen LogP contribution in [0.25, 0.3) is 11.0 Å². The van der Waals surface area contributed by atoms with Crippen molar-refractivity contribution >= 4 is 11.0 Å². The molecule has 0 bridgehead atoms. The fourth-order valence-electron chi connectivity index (χ4n) is 2.31. The van der Waals surface area contributed by atoms with E-state index in [0.717, 1.165) is 18.7 Å². The van der Waals surface area contributed by atoms with Crippen LogP contribution in [0.4, 0.5) is 0 Å². The van der Waals surface area contributed by atoms with E-state index in [9.17, 15) is 0 Å². The van der Waals surface area contributed by atoms with Crippen molar-refractivity contribution in [3.05, 3.63) is 24.0 Å². The topological polar surface area (TPSA) is 42.7 Å². The van der Waals surface area contributed by atoms with Gasteiger partial charge in [0.15, 0.2) is 5.65 Å². The lowest BCUT2D eigenvalue weighted by Gasteiger charge is -2.03. The van der Waals surface area contributed by atoms with Crippen LogP contribution in [0.3, 0.4) is 0 Å². The summed E-state index contributed by atoms with van der Waals surface area (Å²) in [4.78, 5) is 4.35. The molecule has 0 aromatic carbocycles. The maximum absolute atomic E-state index is 4.59. The molecule has 4 nitrogen and oxygen atoms in total. The van der Waals surface area contributed by atoms with E-state index in [2.05, 4.69) is 21.5 Å². The Morgan fingerprint density at radius 1 is 1.53 bits per heavy atom. The van der Waals surface area contributed by atoms with Crippen LogP contribution >= 0.6 is 0 Å². The number of nitrogens with zero attached hydrogens (tertiary/aromatic N) is 3. The Kier molecular flexibility index (Phi) is 1.95. The van der Waals surface area contributed by atoms with Crippen molar-refractivity contribution in [3.63, 3.8) is 0 Å². The first-order valence-electron chi connectivity index (χ1n) is 5.34. The van der Waals surface area contributed by atoms with Crippen LogP contribution in [-0.2, 0) is 7.05 Å². The molecule has 0 amide bonds. The molecule has 15 heavy (non-hydrogen) atoms. The molecule has 1 unspecified atom stereocenters. The maximum Gasteiger partial charge on any atom is 0.157 e. The molecule has 3 rings (SSSR count). The molecule has 0 saturated carbocycles. The van der Waals surface area contributed by atoms with Gasteiger partial charge in [0, 0.05) is 31.1 Å². The molecule has 0 spiro atoms. The van der Waals surface area contributed by atoms with Gasteiger partial charge in [0.2, 0.25) is 0 Å². The molecule has 1 atom stereocenters. The van der Waals surface area contributed by atoms with E-state index in [1.807, 2.05) is 24.0 Å². The predicted octanol–water partition coefficient (Wildman–Crippen LogP) is 1.05. The lowest BCUT2D eigenvalue weighted by atomic mass is 10.0. The Morgan fingerprint density at radius 2 is 2.47 bits per heavy atom. The Morgan fingerprint density at radius 3 is 3.27 bits per heavy atom. The highest BCUT2D eigenvalue weighted by atomic mass is 15.3. The summed E-state index contributed by atoms with van der Waals surface area (Å²) in [5.41, 5.74) is 2.19. The minimum Gasteiger partial charge on any atom is -0.316 e. The third kappa shape index (κ3) is 1.33. The summed E-state index contributed by atoms with van der Waals surface area (Å²) in [7, 11) is 1.96. The zero-order valence-electron chi connectivity index (χ0n) is 8.77. The molecule has 4 heteroatoms. The molecule has 2 aromatic rings. The van der Waals surface area contributed by atoms with Gasteiger partial charge in [0.05, 0.1) is 5.69 Å². The monoisotopic (exact) mass is 202 g/mol. The Bertz CT molecular complexity index is 482. The van der Waals surface area contributed by atoms with Crippen molar-refractivity contribution in [2.24, 2.45) is 7.05 Å². The van der Waals surface area contributed by atoms with Crippen LogP contribution in [0, 0.1) is 0 Å². The summed E-state index contributed by atoms with van der Waals surface area (Å²) >= 11 is 0. The number of rotatable bonds is 1. The molecule has 1 fully saturated rings. The zero-order valence-corrected chi connectivity index (χ0v) is 8.77. The highest BCUT2D eigenvalue weighted by Crippen LogP contribution is 2.27. The third-order valence-electron chi connectivity index (χ3n) is 3.07. The fourth-order valence-corrected chi connectivity index (χ4v) is 2.31. The number of aryl methyl sites for hydroxylation is 1. The van der Waals surface area contributed by atoms with Gasteiger partial charge in [-0.2, -0.15) is 5.10 Å². The zero-order chi connectivity index (χ0) is 10.3. The molecule has 0 radical (unpaired) electrons. The maximum atomic E-state index is 4.59. The van der Waals surface area contributed by atoms with E-state index >= 15 is 0 Å². The predicted molar refractivity (Wildman–Crippen MR) is 58.7 cm³/mol. The van der Waals surface area contributed by atoms with Crippen LogP contribution < -0.4 is 5.32 Å². The Hall–Kier alpha value is -1.42. The summed E-state index contributed by atoms with van der Waals surface area (Å²) in [5, 5.41) is 9.16. The lowest BCUT2D eigenvalue weighted by molar-refractivity contribution is 0.688. The van der Waals surface area contributed by atoms with E-state index in [0.29, 0.717) is 5.92 Å². The van der Waals surface area contributed by atoms with Gasteiger partial charge in [-0.25, -0.2) is 4.98 Å². The number of hydrogen-bond donors (Lipinski definition) is 1. The number of nitrogens with one attached hydrogen (secondary N) is 1. The second kappa shape index (κ2) is 3.31. The fraction of sp³-hybridized carbons (Fsp3) is 0.455. The quantitative estimate of drug-likeness (QED) is 0.751. The average Bonchev–Trinajstić information content (AvgIpc) is 2.87. The van der Waals surface area contributed by atoms with Crippen LogP contribution in [0.15, 0.2) is 18.3 Å². The van der Waals surface area contributed by atoms with Crippen LogP contribution in [0.5, 0.6) is 0 Å². The summed E-state index contributed by atoms with van der Waals surface area (Å²) in [6.45, 7) is 2.14. The molecule has 1 saturated heterocycles. The first-order valence-corrected chi connectivity index (χ1v) is 5.34. The molecule has 3 heterocycles. The van der Waals surface area contributed by atoms with Crippen molar-refractivity contribution in [1.82, 2.24) is 20.1 Å². The number of hydrogen-bond acceptors (Lipinski definition) is 3. The largest absolute Gasteiger partial charge is 0.316 e. The van der Waals surface area contributed by atoms with Gasteiger partial charge < -0.3 is 5.32 Å². The molecule has 2 aromatic heterocycles. The highest BCUT2D eigenvalue weighted by molar-refractivity contribution is 5.78. The smallest absolute Gasteiger partial charge is 0.157 e. The normalized spacial score (nSPS) is 21.3. The molecule has 1 aliphatic heterocycles. The highest BCUT2D eigenvalue weighted by Gasteiger charge is 2.22. The van der Waals surface area contributed by atoms with Crippen molar-refractivity contribution in [1.29, 1.82) is 0 Å². The van der Waals surface area contributed by atoms with Crippen molar-refractivity contribution < 1.29 is 0 Å². The van der Waals surface area contributed by atoms with E-state index in [1.54, 1.807) is 0 Å². The lowest BCUT2D eigenvalue weighted by Crippen LogP contribution is -2.08. The molecule has 1 aliphatic rings. The first kappa shape index (κ1) is 8.85. The summed E-state index contributed by atoms with van der Waals surface area (Å²) in [6, 6.07) is 4.10. The van der Waals surface area contributed by atoms with Crippen molar-refractivity contribution in [2.75, 3.05) is 13.1 Å². The van der Waals surface area contributed by atoms with Gasteiger partial charge in [-0.3, -0.25) is 4.68 Å². The van der Waals surface area contributed by atoms with E-state index in [-0.39, 0.29) is 0 Å². The average molecular weight is 202 g/mol.